The molecular formula is C26H21N7O. The van der Waals surface area contributed by atoms with Crippen molar-refractivity contribution < 1.29 is 4.79 Å². The van der Waals surface area contributed by atoms with Crippen molar-refractivity contribution in [1.29, 1.82) is 0 Å². The number of carbonyl (C=O) groups excluding carboxylic acids is 1. The highest BCUT2D eigenvalue weighted by Gasteiger charge is 2.23. The number of nitrogens with zero attached hydrogens (tertiary/aromatic N) is 5. The van der Waals surface area contributed by atoms with Gasteiger partial charge in [0.15, 0.2) is 11.5 Å². The number of nitrogens with one attached hydrogen (secondary N) is 1. The van der Waals surface area contributed by atoms with Crippen LogP contribution in [0.15, 0.2) is 67.1 Å². The first-order chi connectivity index (χ1) is 16.6. The Morgan fingerprint density at radius 2 is 2.00 bits per heavy atom. The summed E-state index contributed by atoms with van der Waals surface area (Å²) in [5, 5.41) is 16.6. The van der Waals surface area contributed by atoms with Gasteiger partial charge in [-0.3, -0.25) is 4.79 Å². The van der Waals surface area contributed by atoms with Gasteiger partial charge in [-0.15, -0.1) is 11.0 Å². The maximum absolute atomic E-state index is 13.2. The summed E-state index contributed by atoms with van der Waals surface area (Å²) >= 11 is 0. The monoisotopic (exact) mass is 447 g/mol. The first kappa shape index (κ1) is 21.1. The van der Waals surface area contributed by atoms with E-state index in [2.05, 4.69) is 43.5 Å². The zero-order chi connectivity index (χ0) is 23.7. The van der Waals surface area contributed by atoms with Crippen molar-refractivity contribution in [2.75, 3.05) is 5.73 Å². The van der Waals surface area contributed by atoms with Crippen molar-refractivity contribution in [3.05, 3.63) is 83.8 Å². The number of hydrogen-bond donors (Lipinski definition) is 2. The Hall–Kier alpha value is -4.77. The van der Waals surface area contributed by atoms with Crippen LogP contribution in [0.3, 0.4) is 0 Å². The van der Waals surface area contributed by atoms with Gasteiger partial charge in [-0.25, -0.2) is 9.50 Å². The molecule has 5 aromatic rings. The van der Waals surface area contributed by atoms with Gasteiger partial charge >= 0.3 is 0 Å². The molecule has 0 fully saturated rings. The smallest absolute Gasteiger partial charge is 0.259 e. The summed E-state index contributed by atoms with van der Waals surface area (Å²) < 4.78 is 1.49. The molecule has 0 aliphatic heterocycles. The van der Waals surface area contributed by atoms with Gasteiger partial charge in [0.05, 0.1) is 23.3 Å². The summed E-state index contributed by atoms with van der Waals surface area (Å²) in [7, 11) is 0. The first-order valence-corrected chi connectivity index (χ1v) is 10.7. The normalized spacial score (nSPS) is 11.7. The molecule has 0 aliphatic rings. The van der Waals surface area contributed by atoms with E-state index in [-0.39, 0.29) is 23.3 Å². The SMILES string of the molecule is CC#Cc1cnnc2cc([C@H](C)NC(=O)c3c(N)nn4cccnc34)c(-c3ccccc3)cc12. The predicted molar refractivity (Wildman–Crippen MR) is 131 cm³/mol. The highest BCUT2D eigenvalue weighted by atomic mass is 16.1. The summed E-state index contributed by atoms with van der Waals surface area (Å²) in [5.74, 6) is 5.81. The third kappa shape index (κ3) is 3.69. The number of rotatable bonds is 4. The number of amides is 1. The molecule has 166 valence electrons. The Labute approximate surface area is 195 Å². The molecule has 0 saturated heterocycles. The number of anilines is 1. The van der Waals surface area contributed by atoms with E-state index in [1.807, 2.05) is 43.3 Å². The number of nitrogen functional groups attached to an aromatic ring is 1. The minimum Gasteiger partial charge on any atom is -0.381 e. The Bertz CT molecular complexity index is 1600. The molecule has 3 aromatic heterocycles. The van der Waals surface area contributed by atoms with Gasteiger partial charge in [0, 0.05) is 17.8 Å². The average Bonchev–Trinajstić information content (AvgIpc) is 3.20. The molecule has 8 heteroatoms. The lowest BCUT2D eigenvalue weighted by Crippen LogP contribution is -2.27. The van der Waals surface area contributed by atoms with E-state index in [0.29, 0.717) is 11.2 Å². The van der Waals surface area contributed by atoms with Crippen LogP contribution >= 0.6 is 0 Å². The van der Waals surface area contributed by atoms with E-state index in [1.165, 1.54) is 4.52 Å². The molecule has 0 aliphatic carbocycles. The topological polar surface area (TPSA) is 111 Å². The molecule has 8 nitrogen and oxygen atoms in total. The molecule has 1 amide bonds. The van der Waals surface area contributed by atoms with Gasteiger partial charge in [-0.2, -0.15) is 10.2 Å². The fourth-order valence-corrected chi connectivity index (χ4v) is 4.05. The first-order valence-electron chi connectivity index (χ1n) is 10.7. The van der Waals surface area contributed by atoms with Gasteiger partial charge in [0.2, 0.25) is 0 Å². The molecule has 3 heterocycles. The highest BCUT2D eigenvalue weighted by molar-refractivity contribution is 6.04. The number of carbonyl (C=O) groups is 1. The second-order valence-electron chi connectivity index (χ2n) is 7.80. The van der Waals surface area contributed by atoms with Crippen LogP contribution in [-0.2, 0) is 0 Å². The average molecular weight is 448 g/mol. The zero-order valence-corrected chi connectivity index (χ0v) is 18.6. The van der Waals surface area contributed by atoms with Crippen LogP contribution in [-0.4, -0.2) is 30.7 Å². The molecule has 5 rings (SSSR count). The molecular weight excluding hydrogens is 426 g/mol. The number of benzene rings is 2. The molecule has 3 N–H and O–H groups in total. The molecule has 0 radical (unpaired) electrons. The van der Waals surface area contributed by atoms with Crippen LogP contribution in [0.1, 0.15) is 41.4 Å². The maximum atomic E-state index is 13.2. The van der Waals surface area contributed by atoms with Crippen molar-refractivity contribution >= 4 is 28.3 Å². The van der Waals surface area contributed by atoms with E-state index in [4.69, 9.17) is 5.73 Å². The molecule has 2 aromatic carbocycles. The molecule has 0 unspecified atom stereocenters. The van der Waals surface area contributed by atoms with Crippen LogP contribution in [0.4, 0.5) is 5.82 Å². The van der Waals surface area contributed by atoms with Gasteiger partial charge in [0.1, 0.15) is 5.56 Å². The number of fused-ring (bicyclic) bond motifs is 2. The third-order valence-electron chi connectivity index (χ3n) is 5.62. The lowest BCUT2D eigenvalue weighted by atomic mass is 9.92. The highest BCUT2D eigenvalue weighted by Crippen LogP contribution is 2.33. The molecule has 0 spiro atoms. The standard InChI is InChI=1S/C26H21N7O/c1-3-8-18-15-29-31-22-14-19(20(13-21(18)22)17-9-5-4-6-10-17)16(2)30-26(34)23-24(27)32-33-12-7-11-28-25(23)33/h4-7,9-16H,1-2H3,(H2,27,32)(H,30,34)/t16-/m0/s1. The third-order valence-corrected chi connectivity index (χ3v) is 5.62. The van der Waals surface area contributed by atoms with E-state index in [1.54, 1.807) is 31.6 Å². The summed E-state index contributed by atoms with van der Waals surface area (Å²) in [6, 6.07) is 15.4. The number of aromatic nitrogens is 5. The quantitative estimate of drug-likeness (QED) is 0.406. The van der Waals surface area contributed by atoms with E-state index >= 15 is 0 Å². The van der Waals surface area contributed by atoms with Crippen molar-refractivity contribution in [1.82, 2.24) is 30.1 Å². The summed E-state index contributed by atoms with van der Waals surface area (Å²) in [5.41, 5.74) is 11.1. The van der Waals surface area contributed by atoms with E-state index in [0.717, 1.165) is 27.6 Å². The van der Waals surface area contributed by atoms with E-state index in [9.17, 15) is 4.79 Å². The molecule has 0 bridgehead atoms. The Morgan fingerprint density at radius 3 is 2.79 bits per heavy atom. The van der Waals surface area contributed by atoms with Crippen molar-refractivity contribution in [3.63, 3.8) is 0 Å². The fourth-order valence-electron chi connectivity index (χ4n) is 4.05. The largest absolute Gasteiger partial charge is 0.381 e. The van der Waals surface area contributed by atoms with Crippen LogP contribution < -0.4 is 11.1 Å². The number of nitrogens with two attached hydrogens (primary N) is 1. The van der Waals surface area contributed by atoms with Gasteiger partial charge in [0.25, 0.3) is 5.91 Å². The van der Waals surface area contributed by atoms with Crippen LogP contribution in [0.2, 0.25) is 0 Å². The zero-order valence-electron chi connectivity index (χ0n) is 18.6. The fraction of sp³-hybridized carbons (Fsp3) is 0.115. The summed E-state index contributed by atoms with van der Waals surface area (Å²) in [6.07, 6.45) is 4.97. The lowest BCUT2D eigenvalue weighted by Gasteiger charge is -2.19. The molecule has 0 saturated carbocycles. The summed E-state index contributed by atoms with van der Waals surface area (Å²) in [6.45, 7) is 3.71. The second-order valence-corrected chi connectivity index (χ2v) is 7.80. The number of hydrogen-bond acceptors (Lipinski definition) is 6. The minimum atomic E-state index is -0.368. The van der Waals surface area contributed by atoms with Crippen LogP contribution in [0, 0.1) is 11.8 Å². The van der Waals surface area contributed by atoms with Crippen molar-refractivity contribution in [2.24, 2.45) is 0 Å². The van der Waals surface area contributed by atoms with E-state index < -0.39 is 0 Å². The minimum absolute atomic E-state index is 0.124. The Kier molecular flexibility index (Phi) is 5.36. The van der Waals surface area contributed by atoms with Gasteiger partial charge in [-0.1, -0.05) is 36.3 Å². The van der Waals surface area contributed by atoms with Crippen molar-refractivity contribution in [2.45, 2.75) is 19.9 Å². The molecule has 1 atom stereocenters. The molecule has 34 heavy (non-hydrogen) atoms. The second kappa shape index (κ2) is 8.64. The Morgan fingerprint density at radius 1 is 1.18 bits per heavy atom. The van der Waals surface area contributed by atoms with Crippen molar-refractivity contribution in [3.8, 4) is 23.0 Å². The lowest BCUT2D eigenvalue weighted by molar-refractivity contribution is 0.0942. The van der Waals surface area contributed by atoms with Crippen LogP contribution in [0.25, 0.3) is 27.7 Å². The summed E-state index contributed by atoms with van der Waals surface area (Å²) in [4.78, 5) is 17.5. The Balaban J connectivity index is 1.61. The maximum Gasteiger partial charge on any atom is 0.259 e. The van der Waals surface area contributed by atoms with Gasteiger partial charge in [-0.05, 0) is 48.7 Å². The van der Waals surface area contributed by atoms with Crippen LogP contribution in [0.5, 0.6) is 0 Å². The van der Waals surface area contributed by atoms with Gasteiger partial charge < -0.3 is 11.1 Å². The predicted octanol–water partition coefficient (Wildman–Crippen LogP) is 3.78.